The van der Waals surface area contributed by atoms with E-state index in [1.807, 2.05) is 31.7 Å². The van der Waals surface area contributed by atoms with Gasteiger partial charge in [-0.25, -0.2) is 4.79 Å². The first-order chi connectivity index (χ1) is 10.8. The summed E-state index contributed by atoms with van der Waals surface area (Å²) in [7, 11) is 0. The third kappa shape index (κ3) is 3.72. The molecule has 1 aromatic rings. The van der Waals surface area contributed by atoms with E-state index in [4.69, 9.17) is 9.47 Å². The summed E-state index contributed by atoms with van der Waals surface area (Å²) in [4.78, 5) is 14.4. The van der Waals surface area contributed by atoms with Gasteiger partial charge >= 0.3 is 6.09 Å². The topological polar surface area (TPSA) is 38.8 Å². The maximum Gasteiger partial charge on any atom is 0.410 e. The predicted octanol–water partition coefficient (Wildman–Crippen LogP) is 4.46. The van der Waals surface area contributed by atoms with Gasteiger partial charge in [-0.2, -0.15) is 0 Å². The Labute approximate surface area is 146 Å². The van der Waals surface area contributed by atoms with E-state index in [1.165, 1.54) is 11.1 Å². The van der Waals surface area contributed by atoms with E-state index in [-0.39, 0.29) is 18.2 Å². The summed E-state index contributed by atoms with van der Waals surface area (Å²) < 4.78 is 12.7. The van der Waals surface area contributed by atoms with Crippen LogP contribution in [-0.2, 0) is 15.9 Å². The molecule has 2 aliphatic rings. The second-order valence-electron chi connectivity index (χ2n) is 7.27. The van der Waals surface area contributed by atoms with E-state index in [1.54, 1.807) is 0 Å². The number of halogens is 1. The summed E-state index contributed by atoms with van der Waals surface area (Å²) in [6, 6.07) is 6.39. The summed E-state index contributed by atoms with van der Waals surface area (Å²) in [6.07, 6.45) is 2.59. The lowest BCUT2D eigenvalue weighted by Crippen LogP contribution is -2.43. The number of carbonyl (C=O) groups excluding carboxylic acids is 1. The number of rotatable bonds is 1. The summed E-state index contributed by atoms with van der Waals surface area (Å²) in [6.45, 7) is 7.15. The first kappa shape index (κ1) is 16.8. The Bertz CT molecular complexity index is 596. The summed E-state index contributed by atoms with van der Waals surface area (Å²) in [5, 5.41) is 0. The van der Waals surface area contributed by atoms with Gasteiger partial charge in [-0.15, -0.1) is 0 Å². The minimum absolute atomic E-state index is 0.0538. The van der Waals surface area contributed by atoms with E-state index in [0.29, 0.717) is 6.61 Å². The molecule has 0 bridgehead atoms. The lowest BCUT2D eigenvalue weighted by molar-refractivity contribution is -0.0265. The Kier molecular flexibility index (Phi) is 4.70. The minimum atomic E-state index is -0.472. The fourth-order valence-electron chi connectivity index (χ4n) is 3.43. The maximum absolute atomic E-state index is 12.5. The van der Waals surface area contributed by atoms with E-state index < -0.39 is 5.60 Å². The molecular formula is C18H24BrNO3. The number of hydrogen-bond acceptors (Lipinski definition) is 3. The second-order valence-corrected chi connectivity index (χ2v) is 8.18. The smallest absolute Gasteiger partial charge is 0.410 e. The molecule has 0 aliphatic carbocycles. The van der Waals surface area contributed by atoms with Crippen molar-refractivity contribution in [1.82, 2.24) is 4.90 Å². The molecule has 126 valence electrons. The summed E-state index contributed by atoms with van der Waals surface area (Å²) in [5.41, 5.74) is 2.05. The fourth-order valence-corrected chi connectivity index (χ4v) is 3.84. The van der Waals surface area contributed by atoms with Crippen LogP contribution in [0.1, 0.15) is 50.8 Å². The quantitative estimate of drug-likeness (QED) is 0.720. The Morgan fingerprint density at radius 3 is 2.91 bits per heavy atom. The van der Waals surface area contributed by atoms with Crippen LogP contribution in [0.5, 0.6) is 0 Å². The molecule has 1 saturated heterocycles. The van der Waals surface area contributed by atoms with Crippen LogP contribution in [0, 0.1) is 0 Å². The average Bonchev–Trinajstić information content (AvgIpc) is 2.93. The number of amides is 1. The molecule has 0 radical (unpaired) electrons. The standard InChI is InChI=1S/C18H24BrNO3/c1-18(2,3)23-17(21)20-9-4-5-15(20)16-14-7-6-13(19)11-12(14)8-10-22-16/h6-7,11,15-16H,4-5,8-10H2,1-3H3/t15-,16-/m0/s1. The average molecular weight is 382 g/mol. The Balaban J connectivity index is 1.83. The Morgan fingerprint density at radius 2 is 2.17 bits per heavy atom. The van der Waals surface area contributed by atoms with Gasteiger partial charge in [0, 0.05) is 11.0 Å². The normalized spacial score (nSPS) is 24.4. The van der Waals surface area contributed by atoms with E-state index in [9.17, 15) is 4.79 Å². The molecule has 2 heterocycles. The number of carbonyl (C=O) groups is 1. The van der Waals surface area contributed by atoms with Gasteiger partial charge in [-0.1, -0.05) is 22.0 Å². The van der Waals surface area contributed by atoms with Crippen molar-refractivity contribution in [2.24, 2.45) is 0 Å². The van der Waals surface area contributed by atoms with Gasteiger partial charge < -0.3 is 14.4 Å². The molecule has 2 atom stereocenters. The van der Waals surface area contributed by atoms with Gasteiger partial charge in [0.15, 0.2) is 0 Å². The monoisotopic (exact) mass is 381 g/mol. The number of fused-ring (bicyclic) bond motifs is 1. The zero-order valence-corrected chi connectivity index (χ0v) is 15.6. The van der Waals surface area contributed by atoms with Crippen LogP contribution >= 0.6 is 15.9 Å². The van der Waals surface area contributed by atoms with Crippen LogP contribution in [0.2, 0.25) is 0 Å². The van der Waals surface area contributed by atoms with Gasteiger partial charge in [0.1, 0.15) is 11.7 Å². The Morgan fingerprint density at radius 1 is 1.39 bits per heavy atom. The van der Waals surface area contributed by atoms with Gasteiger partial charge in [0.05, 0.1) is 12.6 Å². The number of benzene rings is 1. The largest absolute Gasteiger partial charge is 0.444 e. The molecule has 1 amide bonds. The van der Waals surface area contributed by atoms with Crippen LogP contribution in [0.25, 0.3) is 0 Å². The first-order valence-corrected chi connectivity index (χ1v) is 9.04. The fraction of sp³-hybridized carbons (Fsp3) is 0.611. The van der Waals surface area contributed by atoms with Gasteiger partial charge in [-0.05, 0) is 63.3 Å². The van der Waals surface area contributed by atoms with Crippen molar-refractivity contribution < 1.29 is 14.3 Å². The van der Waals surface area contributed by atoms with Crippen molar-refractivity contribution in [3.63, 3.8) is 0 Å². The maximum atomic E-state index is 12.5. The number of likely N-dealkylation sites (tertiary alicyclic amines) is 1. The third-order valence-electron chi connectivity index (χ3n) is 4.36. The number of nitrogens with zero attached hydrogens (tertiary/aromatic N) is 1. The molecule has 2 aliphatic heterocycles. The predicted molar refractivity (Wildman–Crippen MR) is 92.5 cm³/mol. The second kappa shape index (κ2) is 6.44. The van der Waals surface area contributed by atoms with Crippen molar-refractivity contribution in [3.05, 3.63) is 33.8 Å². The van der Waals surface area contributed by atoms with Gasteiger partial charge in [-0.3, -0.25) is 0 Å². The summed E-state index contributed by atoms with van der Waals surface area (Å²) in [5.74, 6) is 0. The molecule has 0 spiro atoms. The molecule has 1 fully saturated rings. The van der Waals surface area contributed by atoms with Gasteiger partial charge in [0.25, 0.3) is 0 Å². The lowest BCUT2D eigenvalue weighted by Gasteiger charge is -2.36. The minimum Gasteiger partial charge on any atom is -0.444 e. The van der Waals surface area contributed by atoms with Gasteiger partial charge in [0.2, 0.25) is 0 Å². The van der Waals surface area contributed by atoms with Crippen LogP contribution in [0.3, 0.4) is 0 Å². The van der Waals surface area contributed by atoms with Crippen LogP contribution < -0.4 is 0 Å². The zero-order valence-electron chi connectivity index (χ0n) is 14.0. The molecule has 0 N–H and O–H groups in total. The van der Waals surface area contributed by atoms with Crippen LogP contribution in [0.4, 0.5) is 4.79 Å². The molecule has 0 saturated carbocycles. The number of hydrogen-bond donors (Lipinski definition) is 0. The highest BCUT2D eigenvalue weighted by molar-refractivity contribution is 9.10. The van der Waals surface area contributed by atoms with Crippen molar-refractivity contribution in [3.8, 4) is 0 Å². The molecular weight excluding hydrogens is 358 g/mol. The van der Waals surface area contributed by atoms with Crippen LogP contribution in [0.15, 0.2) is 22.7 Å². The molecule has 3 rings (SSSR count). The lowest BCUT2D eigenvalue weighted by atomic mass is 9.92. The van der Waals surface area contributed by atoms with E-state index in [0.717, 1.165) is 30.3 Å². The van der Waals surface area contributed by atoms with Crippen molar-refractivity contribution >= 4 is 22.0 Å². The highest BCUT2D eigenvalue weighted by Gasteiger charge is 2.40. The molecule has 0 unspecified atom stereocenters. The molecule has 1 aromatic carbocycles. The molecule has 23 heavy (non-hydrogen) atoms. The van der Waals surface area contributed by atoms with E-state index in [2.05, 4.69) is 28.1 Å². The SMILES string of the molecule is CC(C)(C)OC(=O)N1CCC[C@H]1[C@H]1OCCc2cc(Br)ccc21. The highest BCUT2D eigenvalue weighted by Crippen LogP contribution is 2.38. The zero-order chi connectivity index (χ0) is 16.6. The highest BCUT2D eigenvalue weighted by atomic mass is 79.9. The van der Waals surface area contributed by atoms with Crippen molar-refractivity contribution in [2.75, 3.05) is 13.2 Å². The Hall–Kier alpha value is -1.07. The molecule has 4 nitrogen and oxygen atoms in total. The summed E-state index contributed by atoms with van der Waals surface area (Å²) >= 11 is 3.54. The molecule has 0 aromatic heterocycles. The third-order valence-corrected chi connectivity index (χ3v) is 4.85. The van der Waals surface area contributed by atoms with Crippen LogP contribution in [-0.4, -0.2) is 35.8 Å². The van der Waals surface area contributed by atoms with Crippen molar-refractivity contribution in [2.45, 2.75) is 57.8 Å². The van der Waals surface area contributed by atoms with E-state index >= 15 is 0 Å². The first-order valence-electron chi connectivity index (χ1n) is 8.25. The molecule has 5 heteroatoms. The van der Waals surface area contributed by atoms with Crippen molar-refractivity contribution in [1.29, 1.82) is 0 Å². The number of ether oxygens (including phenoxy) is 2.